The molecule has 19 heavy (non-hydrogen) atoms. The van der Waals surface area contributed by atoms with Crippen molar-refractivity contribution in [2.24, 2.45) is 0 Å². The van der Waals surface area contributed by atoms with Crippen LogP contribution in [0.5, 0.6) is 0 Å². The molecule has 1 aromatic carbocycles. The molecule has 0 spiro atoms. The molecule has 3 rings (SSSR count). The summed E-state index contributed by atoms with van der Waals surface area (Å²) in [6.07, 6.45) is 2.64. The molecule has 1 saturated heterocycles. The van der Waals surface area contributed by atoms with E-state index in [1.54, 1.807) is 0 Å². The molecule has 1 aliphatic heterocycles. The maximum atomic E-state index is 4.47. The van der Waals surface area contributed by atoms with Crippen LogP contribution in [0.25, 0.3) is 11.0 Å². The number of fused-ring (bicyclic) bond motifs is 1. The Hall–Kier alpha value is -1.75. The summed E-state index contributed by atoms with van der Waals surface area (Å²) in [5, 5.41) is 11.6. The van der Waals surface area contributed by atoms with E-state index in [1.807, 2.05) is 24.3 Å². The van der Waals surface area contributed by atoms with Gasteiger partial charge >= 0.3 is 0 Å². The van der Waals surface area contributed by atoms with Crippen molar-refractivity contribution in [2.75, 3.05) is 25.0 Å². The highest BCUT2D eigenvalue weighted by atomic mass is 15.3. The number of rotatable bonds is 4. The van der Waals surface area contributed by atoms with Crippen molar-refractivity contribution in [1.82, 2.24) is 20.1 Å². The Labute approximate surface area is 113 Å². The van der Waals surface area contributed by atoms with E-state index in [9.17, 15) is 0 Å². The summed E-state index contributed by atoms with van der Waals surface area (Å²) < 4.78 is 0. The first kappa shape index (κ1) is 12.3. The Bertz CT molecular complexity index is 550. The van der Waals surface area contributed by atoms with Crippen molar-refractivity contribution in [3.05, 3.63) is 24.3 Å². The number of anilines is 1. The van der Waals surface area contributed by atoms with Crippen LogP contribution >= 0.6 is 0 Å². The lowest BCUT2D eigenvalue weighted by atomic mass is 10.3. The normalized spacial score (nSPS) is 17.7. The standard InChI is InChI=1S/C14H19N5/c1-11(19-8-4-5-9-19)10-15-14-16-12-6-2-3-7-13(12)17-18-14/h2-3,6-7,11H,4-5,8-10H2,1H3,(H,15,16,18). The van der Waals surface area contributed by atoms with Crippen molar-refractivity contribution in [3.63, 3.8) is 0 Å². The van der Waals surface area contributed by atoms with Crippen LogP contribution in [0.4, 0.5) is 5.95 Å². The Kier molecular flexibility index (Phi) is 3.55. The lowest BCUT2D eigenvalue weighted by Crippen LogP contribution is -2.35. The molecule has 1 aliphatic rings. The second-order valence-electron chi connectivity index (χ2n) is 5.10. The van der Waals surface area contributed by atoms with Crippen molar-refractivity contribution in [1.29, 1.82) is 0 Å². The van der Waals surface area contributed by atoms with E-state index >= 15 is 0 Å². The lowest BCUT2D eigenvalue weighted by molar-refractivity contribution is 0.269. The van der Waals surface area contributed by atoms with Gasteiger partial charge in [0.2, 0.25) is 5.95 Å². The summed E-state index contributed by atoms with van der Waals surface area (Å²) in [7, 11) is 0. The summed E-state index contributed by atoms with van der Waals surface area (Å²) in [6, 6.07) is 8.30. The fraction of sp³-hybridized carbons (Fsp3) is 0.500. The van der Waals surface area contributed by atoms with Gasteiger partial charge in [0.05, 0.1) is 5.52 Å². The molecule has 100 valence electrons. The van der Waals surface area contributed by atoms with Crippen molar-refractivity contribution < 1.29 is 0 Å². The lowest BCUT2D eigenvalue weighted by Gasteiger charge is -2.23. The van der Waals surface area contributed by atoms with Gasteiger partial charge in [0.15, 0.2) is 0 Å². The van der Waals surface area contributed by atoms with Crippen LogP contribution < -0.4 is 5.32 Å². The largest absolute Gasteiger partial charge is 0.351 e. The van der Waals surface area contributed by atoms with E-state index in [4.69, 9.17) is 0 Å². The van der Waals surface area contributed by atoms with E-state index < -0.39 is 0 Å². The van der Waals surface area contributed by atoms with Gasteiger partial charge < -0.3 is 5.32 Å². The van der Waals surface area contributed by atoms with Gasteiger partial charge in [-0.1, -0.05) is 12.1 Å². The Morgan fingerprint density at radius 1 is 1.16 bits per heavy atom. The van der Waals surface area contributed by atoms with Crippen molar-refractivity contribution in [3.8, 4) is 0 Å². The molecule has 0 saturated carbocycles. The quantitative estimate of drug-likeness (QED) is 0.907. The smallest absolute Gasteiger partial charge is 0.243 e. The Morgan fingerprint density at radius 3 is 2.68 bits per heavy atom. The van der Waals surface area contributed by atoms with E-state index in [0.717, 1.165) is 17.6 Å². The van der Waals surface area contributed by atoms with Gasteiger partial charge in [0.25, 0.3) is 0 Å². The van der Waals surface area contributed by atoms with Gasteiger partial charge in [-0.2, -0.15) is 0 Å². The van der Waals surface area contributed by atoms with Crippen LogP contribution in [0.2, 0.25) is 0 Å². The molecule has 0 radical (unpaired) electrons. The first-order valence-electron chi connectivity index (χ1n) is 6.90. The molecule has 5 heteroatoms. The zero-order valence-electron chi connectivity index (χ0n) is 11.2. The van der Waals surface area contributed by atoms with Gasteiger partial charge in [-0.05, 0) is 45.0 Å². The number of nitrogens with zero attached hydrogens (tertiary/aromatic N) is 4. The maximum Gasteiger partial charge on any atom is 0.243 e. The zero-order valence-corrected chi connectivity index (χ0v) is 11.2. The van der Waals surface area contributed by atoms with Crippen molar-refractivity contribution >= 4 is 17.0 Å². The number of likely N-dealkylation sites (tertiary alicyclic amines) is 1. The monoisotopic (exact) mass is 257 g/mol. The van der Waals surface area contributed by atoms with Gasteiger partial charge in [-0.3, -0.25) is 4.90 Å². The third-order valence-electron chi connectivity index (χ3n) is 3.68. The van der Waals surface area contributed by atoms with Crippen LogP contribution in [-0.2, 0) is 0 Å². The minimum Gasteiger partial charge on any atom is -0.351 e. The fourth-order valence-corrected chi connectivity index (χ4v) is 2.51. The predicted octanol–water partition coefficient (Wildman–Crippen LogP) is 1.92. The molecule has 5 nitrogen and oxygen atoms in total. The van der Waals surface area contributed by atoms with E-state index in [-0.39, 0.29) is 0 Å². The van der Waals surface area contributed by atoms with E-state index in [0.29, 0.717) is 12.0 Å². The molecule has 1 aromatic heterocycles. The molecule has 1 atom stereocenters. The minimum absolute atomic E-state index is 0.512. The van der Waals surface area contributed by atoms with Crippen LogP contribution in [-0.4, -0.2) is 45.8 Å². The number of para-hydroxylation sites is 1. The molecule has 0 amide bonds. The molecular formula is C14H19N5. The van der Waals surface area contributed by atoms with Crippen molar-refractivity contribution in [2.45, 2.75) is 25.8 Å². The molecule has 1 fully saturated rings. The molecule has 2 heterocycles. The summed E-state index contributed by atoms with van der Waals surface area (Å²) >= 11 is 0. The highest BCUT2D eigenvalue weighted by Gasteiger charge is 2.17. The second-order valence-corrected chi connectivity index (χ2v) is 5.10. The van der Waals surface area contributed by atoms with Gasteiger partial charge in [0, 0.05) is 12.6 Å². The first-order chi connectivity index (χ1) is 9.33. The zero-order chi connectivity index (χ0) is 13.1. The minimum atomic E-state index is 0.512. The third kappa shape index (κ3) is 2.81. The molecule has 0 aliphatic carbocycles. The molecular weight excluding hydrogens is 238 g/mol. The molecule has 1 N–H and O–H groups in total. The van der Waals surface area contributed by atoms with Gasteiger partial charge in [0.1, 0.15) is 5.52 Å². The molecule has 1 unspecified atom stereocenters. The first-order valence-corrected chi connectivity index (χ1v) is 6.90. The van der Waals surface area contributed by atoms with Gasteiger partial charge in [-0.25, -0.2) is 4.98 Å². The summed E-state index contributed by atoms with van der Waals surface area (Å²) in [6.45, 7) is 5.52. The highest BCUT2D eigenvalue weighted by molar-refractivity contribution is 5.73. The van der Waals surface area contributed by atoms with E-state index in [1.165, 1.54) is 25.9 Å². The van der Waals surface area contributed by atoms with Crippen LogP contribution in [0, 0.1) is 0 Å². The topological polar surface area (TPSA) is 53.9 Å². The average Bonchev–Trinajstić information content (AvgIpc) is 2.99. The number of hydrogen-bond donors (Lipinski definition) is 1. The predicted molar refractivity (Wildman–Crippen MR) is 76.1 cm³/mol. The number of nitrogens with one attached hydrogen (secondary N) is 1. The SMILES string of the molecule is CC(CNc1nnc2ccccc2n1)N1CCCC1. The average molecular weight is 257 g/mol. The van der Waals surface area contributed by atoms with Crippen LogP contribution in [0.15, 0.2) is 24.3 Å². The Morgan fingerprint density at radius 2 is 1.89 bits per heavy atom. The molecule has 0 bridgehead atoms. The second kappa shape index (κ2) is 5.48. The van der Waals surface area contributed by atoms with Gasteiger partial charge in [-0.15, -0.1) is 10.2 Å². The maximum absolute atomic E-state index is 4.47. The molecule has 2 aromatic rings. The van der Waals surface area contributed by atoms with Crippen LogP contribution in [0.3, 0.4) is 0 Å². The number of aromatic nitrogens is 3. The van der Waals surface area contributed by atoms with E-state index in [2.05, 4.69) is 32.3 Å². The third-order valence-corrected chi connectivity index (χ3v) is 3.68. The number of benzene rings is 1. The summed E-state index contributed by atoms with van der Waals surface area (Å²) in [4.78, 5) is 6.97. The highest BCUT2D eigenvalue weighted by Crippen LogP contribution is 2.12. The fourth-order valence-electron chi connectivity index (χ4n) is 2.51. The Balaban J connectivity index is 1.64. The summed E-state index contributed by atoms with van der Waals surface area (Å²) in [5.41, 5.74) is 1.72. The summed E-state index contributed by atoms with van der Waals surface area (Å²) in [5.74, 6) is 0.616. The number of hydrogen-bond acceptors (Lipinski definition) is 5. The van der Waals surface area contributed by atoms with Crippen LogP contribution in [0.1, 0.15) is 19.8 Å².